The highest BCUT2D eigenvalue weighted by molar-refractivity contribution is 5.88. The van der Waals surface area contributed by atoms with Crippen molar-refractivity contribution in [2.24, 2.45) is 0 Å². The molecule has 10 nitrogen and oxygen atoms in total. The Morgan fingerprint density at radius 3 is 1.54 bits per heavy atom. The van der Waals surface area contributed by atoms with Crippen LogP contribution in [0.1, 0.15) is 41.7 Å². The highest BCUT2D eigenvalue weighted by atomic mass is 35.5. The van der Waals surface area contributed by atoms with Crippen LogP contribution in [0.25, 0.3) is 22.5 Å². The van der Waals surface area contributed by atoms with Gasteiger partial charge in [0.15, 0.2) is 0 Å². The molecule has 0 saturated carbocycles. The molecule has 0 spiro atoms. The number of carboxylic acid groups (broad SMARTS) is 1. The van der Waals surface area contributed by atoms with E-state index in [9.17, 15) is 9.59 Å². The molecule has 180 valence electrons. The number of hydrogen-bond acceptors (Lipinski definition) is 9. The topological polar surface area (TPSA) is 141 Å². The molecular weight excluding hydrogens is 472 g/mol. The fourth-order valence-corrected chi connectivity index (χ4v) is 2.56. The van der Waals surface area contributed by atoms with Crippen molar-refractivity contribution in [3.63, 3.8) is 0 Å². The second-order valence-electron chi connectivity index (χ2n) is 7.85. The fourth-order valence-electron chi connectivity index (χ4n) is 2.56. The van der Waals surface area contributed by atoms with E-state index in [1.165, 1.54) is 12.3 Å². The largest absolute Gasteiger partial charge is 0.477 e. The van der Waals surface area contributed by atoms with Gasteiger partial charge in [-0.05, 0) is 45.0 Å². The van der Waals surface area contributed by atoms with Crippen molar-refractivity contribution in [1.82, 2.24) is 29.9 Å². The normalized spacial score (nSPS) is 10.3. The predicted molar refractivity (Wildman–Crippen MR) is 130 cm³/mol. The number of aromatic nitrogens is 6. The summed E-state index contributed by atoms with van der Waals surface area (Å²) in [4.78, 5) is 46.4. The van der Waals surface area contributed by atoms with E-state index in [0.29, 0.717) is 11.4 Å². The molecule has 0 aliphatic heterocycles. The number of nitrogens with zero attached hydrogens (tertiary/aromatic N) is 6. The molecule has 4 aromatic rings. The monoisotopic (exact) mass is 494 g/mol. The van der Waals surface area contributed by atoms with Crippen molar-refractivity contribution >= 4 is 24.3 Å². The molecule has 4 aromatic heterocycles. The Bertz CT molecular complexity index is 1230. The first-order valence-corrected chi connectivity index (χ1v) is 10.1. The van der Waals surface area contributed by atoms with Gasteiger partial charge in [-0.3, -0.25) is 19.9 Å². The van der Waals surface area contributed by atoms with E-state index in [-0.39, 0.29) is 23.8 Å². The van der Waals surface area contributed by atoms with E-state index >= 15 is 0 Å². The molecule has 0 saturated heterocycles. The molecule has 4 heterocycles. The molecule has 0 atom stereocenters. The van der Waals surface area contributed by atoms with Crippen molar-refractivity contribution < 1.29 is 19.4 Å². The number of halogens is 1. The summed E-state index contributed by atoms with van der Waals surface area (Å²) in [5, 5.41) is 8.66. The van der Waals surface area contributed by atoms with Crippen LogP contribution >= 0.6 is 12.4 Å². The summed E-state index contributed by atoms with van der Waals surface area (Å²) in [6.07, 6.45) is 12.6. The fraction of sp³-hybridized carbons (Fsp3) is 0.167. The van der Waals surface area contributed by atoms with E-state index in [2.05, 4.69) is 29.9 Å². The quantitative estimate of drug-likeness (QED) is 0.411. The van der Waals surface area contributed by atoms with Gasteiger partial charge < -0.3 is 9.84 Å². The van der Waals surface area contributed by atoms with Gasteiger partial charge in [-0.2, -0.15) is 0 Å². The molecule has 1 N–H and O–H groups in total. The Morgan fingerprint density at radius 1 is 0.714 bits per heavy atom. The maximum Gasteiger partial charge on any atom is 0.357 e. The molecule has 4 rings (SSSR count). The molecule has 0 bridgehead atoms. The van der Waals surface area contributed by atoms with Gasteiger partial charge in [0.1, 0.15) is 17.0 Å². The summed E-state index contributed by atoms with van der Waals surface area (Å²) in [6, 6.07) is 6.49. The highest BCUT2D eigenvalue weighted by Gasteiger charge is 2.18. The summed E-state index contributed by atoms with van der Waals surface area (Å²) in [5.74, 6) is -1.47. The summed E-state index contributed by atoms with van der Waals surface area (Å²) in [6.45, 7) is 5.45. The van der Waals surface area contributed by atoms with Gasteiger partial charge in [-0.25, -0.2) is 19.6 Å². The SMILES string of the molecule is CC(C)(C)OC(=O)c1ccc(-c2cnccn2)cn1.Cl.O=C(O)c1ccc(-c2cnccn2)cn1. The number of carbonyl (C=O) groups is 2. The van der Waals surface area contributed by atoms with Crippen molar-refractivity contribution in [3.8, 4) is 22.5 Å². The van der Waals surface area contributed by atoms with Crippen LogP contribution in [0, 0.1) is 0 Å². The molecule has 0 aliphatic carbocycles. The maximum atomic E-state index is 11.8. The number of aromatic carboxylic acids is 1. The second-order valence-corrected chi connectivity index (χ2v) is 7.85. The zero-order valence-corrected chi connectivity index (χ0v) is 20.0. The van der Waals surface area contributed by atoms with E-state index in [4.69, 9.17) is 9.84 Å². The van der Waals surface area contributed by atoms with Gasteiger partial charge in [0, 0.05) is 48.3 Å². The molecular formula is C24H23ClN6O4. The Morgan fingerprint density at radius 2 is 1.20 bits per heavy atom. The molecule has 0 fully saturated rings. The predicted octanol–water partition coefficient (Wildman–Crippen LogP) is 4.15. The molecule has 35 heavy (non-hydrogen) atoms. The van der Waals surface area contributed by atoms with E-state index in [1.807, 2.05) is 20.8 Å². The van der Waals surface area contributed by atoms with Gasteiger partial charge in [-0.15, -0.1) is 12.4 Å². The lowest BCUT2D eigenvalue weighted by molar-refractivity contribution is 0.00626. The van der Waals surface area contributed by atoms with Crippen LogP contribution in [0.4, 0.5) is 0 Å². The van der Waals surface area contributed by atoms with Crippen molar-refractivity contribution in [3.05, 3.63) is 85.2 Å². The van der Waals surface area contributed by atoms with Crippen molar-refractivity contribution in [1.29, 1.82) is 0 Å². The number of ether oxygens (including phenoxy) is 1. The highest BCUT2D eigenvalue weighted by Crippen LogP contribution is 2.16. The average molecular weight is 495 g/mol. The Labute approximate surface area is 207 Å². The van der Waals surface area contributed by atoms with E-state index < -0.39 is 17.5 Å². The number of pyridine rings is 2. The van der Waals surface area contributed by atoms with Crippen LogP contribution in [0.2, 0.25) is 0 Å². The average Bonchev–Trinajstić information content (AvgIpc) is 2.85. The lowest BCUT2D eigenvalue weighted by atomic mass is 10.2. The first-order chi connectivity index (χ1) is 16.2. The number of rotatable bonds is 4. The van der Waals surface area contributed by atoms with Gasteiger partial charge in [0.2, 0.25) is 0 Å². The van der Waals surface area contributed by atoms with Crippen LogP contribution in [-0.2, 0) is 4.74 Å². The van der Waals surface area contributed by atoms with Gasteiger partial charge in [0.05, 0.1) is 23.8 Å². The molecule has 0 radical (unpaired) electrons. The smallest absolute Gasteiger partial charge is 0.357 e. The first kappa shape index (κ1) is 26.9. The molecule has 0 amide bonds. The summed E-state index contributed by atoms with van der Waals surface area (Å²) in [5.41, 5.74) is 2.70. The molecule has 0 aliphatic rings. The minimum Gasteiger partial charge on any atom is -0.477 e. The summed E-state index contributed by atoms with van der Waals surface area (Å²) in [7, 11) is 0. The zero-order valence-electron chi connectivity index (χ0n) is 19.2. The van der Waals surface area contributed by atoms with E-state index in [0.717, 1.165) is 11.1 Å². The Hall–Kier alpha value is -4.31. The molecule has 11 heteroatoms. The van der Waals surface area contributed by atoms with Crippen molar-refractivity contribution in [2.75, 3.05) is 0 Å². The second kappa shape index (κ2) is 12.2. The third-order valence-electron chi connectivity index (χ3n) is 4.07. The van der Waals surface area contributed by atoms with Crippen LogP contribution in [0.5, 0.6) is 0 Å². The minimum absolute atomic E-state index is 0. The van der Waals surface area contributed by atoms with Crippen LogP contribution in [0.15, 0.2) is 73.8 Å². The van der Waals surface area contributed by atoms with Crippen molar-refractivity contribution in [2.45, 2.75) is 26.4 Å². The molecule has 0 aromatic carbocycles. The van der Waals surface area contributed by atoms with Crippen LogP contribution in [0.3, 0.4) is 0 Å². The number of hydrogen-bond donors (Lipinski definition) is 1. The van der Waals surface area contributed by atoms with Gasteiger partial charge in [0.25, 0.3) is 0 Å². The third kappa shape index (κ3) is 8.20. The lowest BCUT2D eigenvalue weighted by Crippen LogP contribution is -2.24. The standard InChI is InChI=1S/C14H15N3O2.C10H7N3O2.ClH/c1-14(2,3)19-13(18)11-5-4-10(8-17-11)12-9-15-6-7-16-12;14-10(15)8-2-1-7(5-13-8)9-6-11-3-4-12-9;/h4-9H,1-3H3;1-6H,(H,14,15);1H. The molecule has 0 unspecified atom stereocenters. The number of carboxylic acids is 1. The first-order valence-electron chi connectivity index (χ1n) is 10.1. The third-order valence-corrected chi connectivity index (χ3v) is 4.07. The lowest BCUT2D eigenvalue weighted by Gasteiger charge is -2.19. The zero-order chi connectivity index (χ0) is 24.6. The van der Waals surface area contributed by atoms with Gasteiger partial charge >= 0.3 is 11.9 Å². The van der Waals surface area contributed by atoms with Crippen LogP contribution in [-0.4, -0.2) is 52.6 Å². The Balaban J connectivity index is 0.000000246. The van der Waals surface area contributed by atoms with Crippen LogP contribution < -0.4 is 0 Å². The number of esters is 1. The number of carbonyl (C=O) groups excluding carboxylic acids is 1. The summed E-state index contributed by atoms with van der Waals surface area (Å²) < 4.78 is 5.24. The minimum atomic E-state index is -1.04. The Kier molecular flexibility index (Phi) is 9.42. The van der Waals surface area contributed by atoms with E-state index in [1.54, 1.807) is 61.6 Å². The summed E-state index contributed by atoms with van der Waals surface area (Å²) >= 11 is 0. The maximum absolute atomic E-state index is 11.8. The van der Waals surface area contributed by atoms with Gasteiger partial charge in [-0.1, -0.05) is 0 Å².